The van der Waals surface area contributed by atoms with Gasteiger partial charge < -0.3 is 4.90 Å². The molecule has 16 heavy (non-hydrogen) atoms. The highest BCUT2D eigenvalue weighted by atomic mass is 79.9. The molecule has 0 spiro atoms. The molecular weight excluding hydrogens is 276 g/mol. The van der Waals surface area contributed by atoms with Crippen LogP contribution in [-0.2, 0) is 6.54 Å². The molecule has 1 aromatic rings. The second-order valence-electron chi connectivity index (χ2n) is 4.01. The second kappa shape index (κ2) is 6.30. The van der Waals surface area contributed by atoms with Gasteiger partial charge in [0.2, 0.25) is 0 Å². The van der Waals surface area contributed by atoms with E-state index in [1.54, 1.807) is 0 Å². The van der Waals surface area contributed by atoms with Crippen molar-refractivity contribution in [2.45, 2.75) is 24.7 Å². The highest BCUT2D eigenvalue weighted by Crippen LogP contribution is 2.14. The Morgan fingerprint density at radius 3 is 2.38 bits per heavy atom. The Kier molecular flexibility index (Phi) is 5.35. The zero-order chi connectivity index (χ0) is 12.1. The van der Waals surface area contributed by atoms with Crippen LogP contribution in [0.1, 0.15) is 18.9 Å². The number of halogens is 3. The standard InChI is InChI=1S/C12H16BrF2N/c1-9(13)6-7-16(2)8-10-11(14)4-3-5-12(10)15/h3-5,9H,6-8H2,1-2H3. The normalized spacial score (nSPS) is 13.1. The van der Waals surface area contributed by atoms with Crippen LogP contribution >= 0.6 is 15.9 Å². The first-order valence-corrected chi connectivity index (χ1v) is 6.17. The molecule has 1 unspecified atom stereocenters. The molecule has 0 heterocycles. The lowest BCUT2D eigenvalue weighted by molar-refractivity contribution is 0.311. The summed E-state index contributed by atoms with van der Waals surface area (Å²) in [7, 11) is 1.86. The molecule has 1 aromatic carbocycles. The first-order chi connectivity index (χ1) is 7.50. The maximum Gasteiger partial charge on any atom is 0.130 e. The van der Waals surface area contributed by atoms with Crippen molar-refractivity contribution < 1.29 is 8.78 Å². The van der Waals surface area contributed by atoms with Crippen LogP contribution in [0.25, 0.3) is 0 Å². The van der Waals surface area contributed by atoms with Gasteiger partial charge in [0.05, 0.1) is 0 Å². The van der Waals surface area contributed by atoms with E-state index in [0.717, 1.165) is 13.0 Å². The van der Waals surface area contributed by atoms with Crippen LogP contribution in [0.5, 0.6) is 0 Å². The molecule has 0 bridgehead atoms. The van der Waals surface area contributed by atoms with E-state index in [-0.39, 0.29) is 5.56 Å². The maximum atomic E-state index is 13.3. The summed E-state index contributed by atoms with van der Waals surface area (Å²) in [6.45, 7) is 3.16. The lowest BCUT2D eigenvalue weighted by Crippen LogP contribution is -2.22. The molecule has 0 amide bonds. The van der Waals surface area contributed by atoms with E-state index in [1.165, 1.54) is 18.2 Å². The quantitative estimate of drug-likeness (QED) is 0.750. The molecule has 0 N–H and O–H groups in total. The fourth-order valence-corrected chi connectivity index (χ4v) is 1.64. The smallest absolute Gasteiger partial charge is 0.130 e. The molecule has 0 fully saturated rings. The number of alkyl halides is 1. The number of rotatable bonds is 5. The number of benzene rings is 1. The largest absolute Gasteiger partial charge is 0.302 e. The third-order valence-electron chi connectivity index (χ3n) is 2.40. The lowest BCUT2D eigenvalue weighted by Gasteiger charge is -2.18. The fourth-order valence-electron chi connectivity index (χ4n) is 1.43. The summed E-state index contributed by atoms with van der Waals surface area (Å²) >= 11 is 3.44. The third kappa shape index (κ3) is 4.18. The summed E-state index contributed by atoms with van der Waals surface area (Å²) in [6.07, 6.45) is 0.951. The topological polar surface area (TPSA) is 3.24 Å². The number of hydrogen-bond donors (Lipinski definition) is 0. The zero-order valence-corrected chi connectivity index (χ0v) is 11.1. The molecule has 0 aliphatic heterocycles. The Hall–Kier alpha value is -0.480. The summed E-state index contributed by atoms with van der Waals surface area (Å²) in [6, 6.07) is 3.97. The fraction of sp³-hybridized carbons (Fsp3) is 0.500. The zero-order valence-electron chi connectivity index (χ0n) is 9.51. The van der Waals surface area contributed by atoms with Gasteiger partial charge in [-0.3, -0.25) is 0 Å². The van der Waals surface area contributed by atoms with Crippen molar-refractivity contribution in [1.82, 2.24) is 4.90 Å². The Bertz CT molecular complexity index is 322. The van der Waals surface area contributed by atoms with Gasteiger partial charge in [0.15, 0.2) is 0 Å². The summed E-state index contributed by atoms with van der Waals surface area (Å²) < 4.78 is 26.7. The molecule has 0 aromatic heterocycles. The number of hydrogen-bond acceptors (Lipinski definition) is 1. The molecule has 4 heteroatoms. The molecule has 1 atom stereocenters. The van der Waals surface area contributed by atoms with Crippen molar-refractivity contribution in [3.63, 3.8) is 0 Å². The Labute approximate surface area is 104 Å². The predicted octanol–water partition coefficient (Wildman–Crippen LogP) is 3.57. The first kappa shape index (κ1) is 13.6. The minimum atomic E-state index is -0.473. The second-order valence-corrected chi connectivity index (χ2v) is 5.57. The van der Waals surface area contributed by atoms with Crippen molar-refractivity contribution in [1.29, 1.82) is 0 Å². The average molecular weight is 292 g/mol. The molecule has 0 saturated carbocycles. The summed E-state index contributed by atoms with van der Waals surface area (Å²) in [5.41, 5.74) is 0.146. The van der Waals surface area contributed by atoms with Crippen molar-refractivity contribution in [2.75, 3.05) is 13.6 Å². The van der Waals surface area contributed by atoms with Crippen LogP contribution < -0.4 is 0 Å². The molecular formula is C12H16BrF2N. The highest BCUT2D eigenvalue weighted by molar-refractivity contribution is 9.09. The van der Waals surface area contributed by atoms with E-state index in [4.69, 9.17) is 0 Å². The molecule has 0 aliphatic rings. The van der Waals surface area contributed by atoms with E-state index >= 15 is 0 Å². The van der Waals surface area contributed by atoms with E-state index in [1.807, 2.05) is 11.9 Å². The number of nitrogens with zero attached hydrogens (tertiary/aromatic N) is 1. The van der Waals surface area contributed by atoms with Gasteiger partial charge in [0.25, 0.3) is 0 Å². The van der Waals surface area contributed by atoms with Gasteiger partial charge in [-0.05, 0) is 32.1 Å². The molecule has 1 rings (SSSR count). The minimum absolute atomic E-state index is 0.146. The van der Waals surface area contributed by atoms with Crippen LogP contribution in [0.3, 0.4) is 0 Å². The van der Waals surface area contributed by atoms with Crippen LogP contribution in [0.2, 0.25) is 0 Å². The van der Waals surface area contributed by atoms with Gasteiger partial charge in [-0.25, -0.2) is 8.78 Å². The molecule has 0 radical (unpaired) electrons. The summed E-state index contributed by atoms with van der Waals surface area (Å²) in [5.74, 6) is -0.947. The third-order valence-corrected chi connectivity index (χ3v) is 2.86. The van der Waals surface area contributed by atoms with Crippen molar-refractivity contribution >= 4 is 15.9 Å². The van der Waals surface area contributed by atoms with Crippen LogP contribution in [0.4, 0.5) is 8.78 Å². The highest BCUT2D eigenvalue weighted by Gasteiger charge is 2.11. The Morgan fingerprint density at radius 1 is 1.31 bits per heavy atom. The van der Waals surface area contributed by atoms with Crippen LogP contribution in [0.15, 0.2) is 18.2 Å². The Balaban J connectivity index is 2.59. The minimum Gasteiger partial charge on any atom is -0.302 e. The van der Waals surface area contributed by atoms with E-state index in [0.29, 0.717) is 11.4 Å². The van der Waals surface area contributed by atoms with E-state index in [9.17, 15) is 8.78 Å². The predicted molar refractivity (Wildman–Crippen MR) is 65.7 cm³/mol. The van der Waals surface area contributed by atoms with Gasteiger partial charge in [0.1, 0.15) is 11.6 Å². The summed E-state index contributed by atoms with van der Waals surface area (Å²) in [4.78, 5) is 2.33. The van der Waals surface area contributed by atoms with Gasteiger partial charge in [-0.1, -0.05) is 28.9 Å². The molecule has 90 valence electrons. The Morgan fingerprint density at radius 2 is 1.88 bits per heavy atom. The van der Waals surface area contributed by atoms with E-state index < -0.39 is 11.6 Å². The van der Waals surface area contributed by atoms with Crippen LogP contribution in [-0.4, -0.2) is 23.3 Å². The lowest BCUT2D eigenvalue weighted by atomic mass is 10.2. The molecule has 0 aliphatic carbocycles. The molecule has 0 saturated heterocycles. The SMILES string of the molecule is CC(Br)CCN(C)Cc1c(F)cccc1F. The van der Waals surface area contributed by atoms with E-state index in [2.05, 4.69) is 22.9 Å². The first-order valence-electron chi connectivity index (χ1n) is 5.26. The summed E-state index contributed by atoms with van der Waals surface area (Å²) in [5, 5.41) is 0. The van der Waals surface area contributed by atoms with Crippen molar-refractivity contribution in [2.24, 2.45) is 0 Å². The van der Waals surface area contributed by atoms with Gasteiger partial charge in [-0.15, -0.1) is 0 Å². The van der Waals surface area contributed by atoms with Crippen molar-refractivity contribution in [3.8, 4) is 0 Å². The molecule has 1 nitrogen and oxygen atoms in total. The van der Waals surface area contributed by atoms with Crippen LogP contribution in [0, 0.1) is 11.6 Å². The van der Waals surface area contributed by atoms with Gasteiger partial charge in [-0.2, -0.15) is 0 Å². The van der Waals surface area contributed by atoms with Gasteiger partial charge >= 0.3 is 0 Å². The monoisotopic (exact) mass is 291 g/mol. The average Bonchev–Trinajstić information content (AvgIpc) is 2.21. The van der Waals surface area contributed by atoms with Gasteiger partial charge in [0, 0.05) is 16.9 Å². The maximum absolute atomic E-state index is 13.3. The van der Waals surface area contributed by atoms with Crippen molar-refractivity contribution in [3.05, 3.63) is 35.4 Å².